The van der Waals surface area contributed by atoms with Crippen molar-refractivity contribution in [2.45, 2.75) is 52.1 Å². The number of piperidine rings is 1. The monoisotopic (exact) mass is 273 g/mol. The average molecular weight is 273 g/mol. The Balaban J connectivity index is 1.84. The van der Waals surface area contributed by atoms with Gasteiger partial charge in [-0.1, -0.05) is 20.3 Å². The molecule has 0 saturated carbocycles. The van der Waals surface area contributed by atoms with Gasteiger partial charge >= 0.3 is 0 Å². The van der Waals surface area contributed by atoms with E-state index in [-0.39, 0.29) is 0 Å². The van der Waals surface area contributed by atoms with Crippen molar-refractivity contribution < 1.29 is 0 Å². The first-order valence-corrected chi connectivity index (χ1v) is 8.08. The molecule has 0 aromatic carbocycles. The molecule has 3 heterocycles. The number of pyridine rings is 1. The summed E-state index contributed by atoms with van der Waals surface area (Å²) in [6.07, 6.45) is 6.20. The quantitative estimate of drug-likeness (QED) is 0.825. The summed E-state index contributed by atoms with van der Waals surface area (Å²) in [6, 6.07) is 5.75. The van der Waals surface area contributed by atoms with Gasteiger partial charge in [0.05, 0.1) is 11.9 Å². The standard InChI is InChI=1S/C17H27N3/c1-13(2)17-12-19-9-5-4-6-16(19)11-20(17)15-8-7-14(3)18-10-15/h7-8,10,13,16-17H,4-6,9,11-12H2,1-3H3. The van der Waals surface area contributed by atoms with Crippen molar-refractivity contribution in [3.63, 3.8) is 0 Å². The fraction of sp³-hybridized carbons (Fsp3) is 0.706. The van der Waals surface area contributed by atoms with E-state index in [4.69, 9.17) is 0 Å². The van der Waals surface area contributed by atoms with Crippen molar-refractivity contribution in [2.24, 2.45) is 5.92 Å². The molecule has 2 aliphatic rings. The number of anilines is 1. The number of aryl methyl sites for hydroxylation is 1. The Hall–Kier alpha value is -1.09. The van der Waals surface area contributed by atoms with E-state index in [1.807, 2.05) is 0 Å². The normalized spacial score (nSPS) is 27.7. The summed E-state index contributed by atoms with van der Waals surface area (Å²) in [5, 5.41) is 0. The van der Waals surface area contributed by atoms with Crippen LogP contribution in [0.25, 0.3) is 0 Å². The maximum Gasteiger partial charge on any atom is 0.0556 e. The molecule has 1 aromatic heterocycles. The molecule has 2 atom stereocenters. The van der Waals surface area contributed by atoms with Gasteiger partial charge in [-0.25, -0.2) is 0 Å². The predicted molar refractivity (Wildman–Crippen MR) is 84.2 cm³/mol. The Morgan fingerprint density at radius 2 is 2.05 bits per heavy atom. The van der Waals surface area contributed by atoms with E-state index < -0.39 is 0 Å². The van der Waals surface area contributed by atoms with Gasteiger partial charge in [0.2, 0.25) is 0 Å². The van der Waals surface area contributed by atoms with Gasteiger partial charge < -0.3 is 4.90 Å². The number of piperazine rings is 1. The number of hydrogen-bond acceptors (Lipinski definition) is 3. The molecular weight excluding hydrogens is 246 g/mol. The van der Waals surface area contributed by atoms with E-state index >= 15 is 0 Å². The average Bonchev–Trinajstić information content (AvgIpc) is 2.46. The molecule has 0 radical (unpaired) electrons. The van der Waals surface area contributed by atoms with Crippen LogP contribution in [0.1, 0.15) is 38.8 Å². The largest absolute Gasteiger partial charge is 0.364 e. The lowest BCUT2D eigenvalue weighted by Gasteiger charge is -2.50. The van der Waals surface area contributed by atoms with Gasteiger partial charge in [-0.15, -0.1) is 0 Å². The van der Waals surface area contributed by atoms with Crippen molar-refractivity contribution in [1.82, 2.24) is 9.88 Å². The van der Waals surface area contributed by atoms with Crippen LogP contribution < -0.4 is 4.90 Å². The van der Waals surface area contributed by atoms with Gasteiger partial charge in [-0.2, -0.15) is 0 Å². The maximum atomic E-state index is 4.50. The first-order chi connectivity index (χ1) is 9.65. The molecule has 0 amide bonds. The smallest absolute Gasteiger partial charge is 0.0556 e. The summed E-state index contributed by atoms with van der Waals surface area (Å²) in [5.74, 6) is 0.680. The third-order valence-electron chi connectivity index (χ3n) is 4.98. The van der Waals surface area contributed by atoms with E-state index in [2.05, 4.69) is 53.9 Å². The molecular formula is C17H27N3. The summed E-state index contributed by atoms with van der Waals surface area (Å²) in [7, 11) is 0. The predicted octanol–water partition coefficient (Wildman–Crippen LogP) is 3.09. The third kappa shape index (κ3) is 2.69. The highest BCUT2D eigenvalue weighted by molar-refractivity contribution is 5.47. The highest BCUT2D eigenvalue weighted by atomic mass is 15.3. The van der Waals surface area contributed by atoms with Gasteiger partial charge in [0.15, 0.2) is 0 Å². The molecule has 3 rings (SSSR count). The lowest BCUT2D eigenvalue weighted by Crippen LogP contribution is -2.61. The van der Waals surface area contributed by atoms with Gasteiger partial charge in [0.1, 0.15) is 0 Å². The second kappa shape index (κ2) is 5.72. The Kier molecular flexibility index (Phi) is 3.97. The van der Waals surface area contributed by atoms with Gasteiger partial charge in [0.25, 0.3) is 0 Å². The van der Waals surface area contributed by atoms with Gasteiger partial charge in [-0.05, 0) is 44.4 Å². The van der Waals surface area contributed by atoms with Crippen LogP contribution in [-0.2, 0) is 0 Å². The second-order valence-electron chi connectivity index (χ2n) is 6.77. The number of nitrogens with zero attached hydrogens (tertiary/aromatic N) is 3. The minimum Gasteiger partial charge on any atom is -0.364 e. The van der Waals surface area contributed by atoms with Crippen LogP contribution in [0.2, 0.25) is 0 Å². The molecule has 0 N–H and O–H groups in total. The zero-order valence-corrected chi connectivity index (χ0v) is 13.0. The summed E-state index contributed by atoms with van der Waals surface area (Å²) in [4.78, 5) is 9.84. The van der Waals surface area contributed by atoms with E-state index in [0.717, 1.165) is 11.7 Å². The van der Waals surface area contributed by atoms with Crippen molar-refractivity contribution in [3.05, 3.63) is 24.0 Å². The fourth-order valence-corrected chi connectivity index (χ4v) is 3.71. The Morgan fingerprint density at radius 1 is 1.20 bits per heavy atom. The van der Waals surface area contributed by atoms with Crippen LogP contribution in [0.15, 0.2) is 18.3 Å². The third-order valence-corrected chi connectivity index (χ3v) is 4.98. The lowest BCUT2D eigenvalue weighted by molar-refractivity contribution is 0.100. The number of hydrogen-bond donors (Lipinski definition) is 0. The summed E-state index contributed by atoms with van der Waals surface area (Å²) < 4.78 is 0. The van der Waals surface area contributed by atoms with Crippen LogP contribution in [-0.4, -0.2) is 41.6 Å². The Labute approximate surface area is 123 Å². The van der Waals surface area contributed by atoms with E-state index in [1.165, 1.54) is 44.6 Å². The van der Waals surface area contributed by atoms with E-state index in [1.54, 1.807) is 0 Å². The molecule has 0 spiro atoms. The zero-order valence-electron chi connectivity index (χ0n) is 13.0. The first-order valence-electron chi connectivity index (χ1n) is 8.08. The van der Waals surface area contributed by atoms with E-state index in [0.29, 0.717) is 12.0 Å². The fourth-order valence-electron chi connectivity index (χ4n) is 3.71. The van der Waals surface area contributed by atoms with Crippen molar-refractivity contribution in [1.29, 1.82) is 0 Å². The topological polar surface area (TPSA) is 19.4 Å². The molecule has 2 fully saturated rings. The number of rotatable bonds is 2. The van der Waals surface area contributed by atoms with Crippen LogP contribution in [0, 0.1) is 12.8 Å². The summed E-state index contributed by atoms with van der Waals surface area (Å²) >= 11 is 0. The molecule has 0 bridgehead atoms. The van der Waals surface area contributed by atoms with Crippen LogP contribution in [0.5, 0.6) is 0 Å². The molecule has 20 heavy (non-hydrogen) atoms. The number of fused-ring (bicyclic) bond motifs is 1. The lowest BCUT2D eigenvalue weighted by atomic mass is 9.92. The van der Waals surface area contributed by atoms with Crippen LogP contribution in [0.4, 0.5) is 5.69 Å². The molecule has 1 aromatic rings. The van der Waals surface area contributed by atoms with Crippen LogP contribution in [0.3, 0.4) is 0 Å². The molecule has 2 saturated heterocycles. The Bertz CT molecular complexity index is 440. The van der Waals surface area contributed by atoms with Gasteiger partial charge in [0, 0.05) is 30.9 Å². The highest BCUT2D eigenvalue weighted by Gasteiger charge is 2.36. The van der Waals surface area contributed by atoms with Crippen molar-refractivity contribution in [3.8, 4) is 0 Å². The SMILES string of the molecule is Cc1ccc(N2CC3CCCCN3CC2C(C)C)cn1. The van der Waals surface area contributed by atoms with Crippen molar-refractivity contribution in [2.75, 3.05) is 24.5 Å². The zero-order chi connectivity index (χ0) is 14.1. The summed E-state index contributed by atoms with van der Waals surface area (Å²) in [6.45, 7) is 10.5. The highest BCUT2D eigenvalue weighted by Crippen LogP contribution is 2.30. The minimum atomic E-state index is 0.619. The second-order valence-corrected chi connectivity index (χ2v) is 6.77. The minimum absolute atomic E-state index is 0.619. The van der Waals surface area contributed by atoms with Gasteiger partial charge in [-0.3, -0.25) is 9.88 Å². The molecule has 0 aliphatic carbocycles. The molecule has 110 valence electrons. The maximum absolute atomic E-state index is 4.50. The first kappa shape index (κ1) is 13.9. The summed E-state index contributed by atoms with van der Waals surface area (Å²) in [5.41, 5.74) is 2.41. The van der Waals surface area contributed by atoms with E-state index in [9.17, 15) is 0 Å². The van der Waals surface area contributed by atoms with Crippen molar-refractivity contribution >= 4 is 5.69 Å². The number of aromatic nitrogens is 1. The molecule has 2 unspecified atom stereocenters. The van der Waals surface area contributed by atoms with Crippen LogP contribution >= 0.6 is 0 Å². The molecule has 3 heteroatoms. The molecule has 3 nitrogen and oxygen atoms in total. The Morgan fingerprint density at radius 3 is 2.75 bits per heavy atom. The molecule has 2 aliphatic heterocycles.